The molecule has 0 spiro atoms. The highest BCUT2D eigenvalue weighted by atomic mass is 35.5. The van der Waals surface area contributed by atoms with Crippen molar-refractivity contribution in [3.05, 3.63) is 27.7 Å². The first-order valence-electron chi connectivity index (χ1n) is 4.53. The van der Waals surface area contributed by atoms with Crippen LogP contribution in [-0.2, 0) is 0 Å². The molecule has 0 bridgehead atoms. The van der Waals surface area contributed by atoms with E-state index in [9.17, 15) is 5.11 Å². The zero-order chi connectivity index (χ0) is 10.3. The molecule has 0 aliphatic heterocycles. The third kappa shape index (κ3) is 1.83. The Labute approximate surface area is 92.6 Å². The lowest BCUT2D eigenvalue weighted by molar-refractivity contribution is 0.456. The van der Waals surface area contributed by atoms with Crippen molar-refractivity contribution in [2.75, 3.05) is 0 Å². The van der Waals surface area contributed by atoms with Crippen LogP contribution in [0, 0.1) is 5.92 Å². The van der Waals surface area contributed by atoms with Crippen molar-refractivity contribution < 1.29 is 5.11 Å². The maximum Gasteiger partial charge on any atom is 0.123 e. The number of phenolic OH excluding ortho intramolecular Hbond substituents is 1. The molecule has 2 nitrogen and oxygen atoms in total. The molecule has 2 rings (SSSR count). The van der Waals surface area contributed by atoms with E-state index in [2.05, 4.69) is 0 Å². The maximum atomic E-state index is 9.67. The van der Waals surface area contributed by atoms with Gasteiger partial charge < -0.3 is 10.8 Å². The molecule has 1 aliphatic rings. The summed E-state index contributed by atoms with van der Waals surface area (Å²) in [4.78, 5) is 0. The van der Waals surface area contributed by atoms with Gasteiger partial charge in [-0.15, -0.1) is 0 Å². The summed E-state index contributed by atoms with van der Waals surface area (Å²) in [5, 5.41) is 10.6. The summed E-state index contributed by atoms with van der Waals surface area (Å²) >= 11 is 11.7. The first-order valence-corrected chi connectivity index (χ1v) is 5.28. The van der Waals surface area contributed by atoms with Gasteiger partial charge in [0.2, 0.25) is 0 Å². The smallest absolute Gasteiger partial charge is 0.123 e. The topological polar surface area (TPSA) is 46.2 Å². The third-order valence-electron chi connectivity index (χ3n) is 2.54. The minimum absolute atomic E-state index is 0.0990. The fraction of sp³-hybridized carbons (Fsp3) is 0.400. The number of phenols is 1. The van der Waals surface area contributed by atoms with Crippen molar-refractivity contribution in [2.24, 2.45) is 11.7 Å². The first kappa shape index (κ1) is 10.1. The number of rotatable bonds is 2. The van der Waals surface area contributed by atoms with Crippen LogP contribution in [0.1, 0.15) is 24.4 Å². The molecular formula is C10H11Cl2NO. The highest BCUT2D eigenvalue weighted by molar-refractivity contribution is 6.35. The highest BCUT2D eigenvalue weighted by Gasteiger charge is 2.32. The molecule has 0 heterocycles. The predicted molar refractivity (Wildman–Crippen MR) is 57.8 cm³/mol. The van der Waals surface area contributed by atoms with E-state index < -0.39 is 0 Å². The normalized spacial score (nSPS) is 18.2. The Kier molecular flexibility index (Phi) is 2.60. The van der Waals surface area contributed by atoms with E-state index in [1.165, 1.54) is 6.07 Å². The number of aromatic hydroxyl groups is 1. The average molecular weight is 232 g/mol. The summed E-state index contributed by atoms with van der Waals surface area (Å²) in [5.41, 5.74) is 6.59. The van der Waals surface area contributed by atoms with Crippen molar-refractivity contribution >= 4 is 23.2 Å². The Morgan fingerprint density at radius 1 is 1.36 bits per heavy atom. The van der Waals surface area contributed by atoms with Crippen LogP contribution in [0.5, 0.6) is 5.75 Å². The number of benzene rings is 1. The SMILES string of the molecule is N[C@H](c1c(O)cc(Cl)cc1Cl)C1CC1. The second-order valence-electron chi connectivity index (χ2n) is 3.68. The summed E-state index contributed by atoms with van der Waals surface area (Å²) in [7, 11) is 0. The van der Waals surface area contributed by atoms with E-state index in [-0.39, 0.29) is 11.8 Å². The molecule has 1 atom stereocenters. The molecule has 1 aromatic carbocycles. The van der Waals surface area contributed by atoms with Crippen LogP contribution in [0.15, 0.2) is 12.1 Å². The molecule has 1 saturated carbocycles. The lowest BCUT2D eigenvalue weighted by atomic mass is 10.0. The van der Waals surface area contributed by atoms with E-state index in [0.717, 1.165) is 12.8 Å². The molecule has 3 N–H and O–H groups in total. The number of nitrogens with two attached hydrogens (primary N) is 1. The molecule has 0 unspecified atom stereocenters. The van der Waals surface area contributed by atoms with E-state index in [1.54, 1.807) is 6.07 Å². The zero-order valence-corrected chi connectivity index (χ0v) is 9.02. The van der Waals surface area contributed by atoms with Crippen LogP contribution in [-0.4, -0.2) is 5.11 Å². The zero-order valence-electron chi connectivity index (χ0n) is 7.50. The van der Waals surface area contributed by atoms with Crippen molar-refractivity contribution in [3.8, 4) is 5.75 Å². The Hall–Kier alpha value is -0.440. The van der Waals surface area contributed by atoms with Gasteiger partial charge in [-0.05, 0) is 30.9 Å². The van der Waals surface area contributed by atoms with Gasteiger partial charge in [-0.1, -0.05) is 23.2 Å². The van der Waals surface area contributed by atoms with Crippen LogP contribution < -0.4 is 5.73 Å². The largest absolute Gasteiger partial charge is 0.508 e. The van der Waals surface area contributed by atoms with Gasteiger partial charge in [0.25, 0.3) is 0 Å². The molecule has 4 heteroatoms. The van der Waals surface area contributed by atoms with Gasteiger partial charge in [-0.2, -0.15) is 0 Å². The summed E-state index contributed by atoms with van der Waals surface area (Å²) < 4.78 is 0. The van der Waals surface area contributed by atoms with Crippen molar-refractivity contribution in [3.63, 3.8) is 0 Å². The quantitative estimate of drug-likeness (QED) is 0.822. The number of hydrogen-bond acceptors (Lipinski definition) is 2. The van der Waals surface area contributed by atoms with E-state index in [1.807, 2.05) is 0 Å². The summed E-state index contributed by atoms with van der Waals surface area (Å²) in [5.74, 6) is 0.557. The van der Waals surface area contributed by atoms with E-state index in [0.29, 0.717) is 21.5 Å². The second-order valence-corrected chi connectivity index (χ2v) is 4.53. The van der Waals surface area contributed by atoms with Gasteiger partial charge in [0.05, 0.1) is 5.02 Å². The molecular weight excluding hydrogens is 221 g/mol. The molecule has 14 heavy (non-hydrogen) atoms. The van der Waals surface area contributed by atoms with Crippen LogP contribution in [0.2, 0.25) is 10.0 Å². The molecule has 76 valence electrons. The average Bonchev–Trinajstić information content (AvgIpc) is 2.83. The maximum absolute atomic E-state index is 9.67. The van der Waals surface area contributed by atoms with Crippen LogP contribution in [0.3, 0.4) is 0 Å². The standard InChI is InChI=1S/C10H11Cl2NO/c11-6-3-7(12)9(8(14)4-6)10(13)5-1-2-5/h3-5,10,14H,1-2,13H2/t10-/m0/s1. The molecule has 0 saturated heterocycles. The minimum atomic E-state index is -0.167. The molecule has 0 amide bonds. The Balaban J connectivity index is 2.40. The molecule has 1 aromatic rings. The highest BCUT2D eigenvalue weighted by Crippen LogP contribution is 2.45. The van der Waals surface area contributed by atoms with Gasteiger partial charge in [0, 0.05) is 16.6 Å². The van der Waals surface area contributed by atoms with E-state index in [4.69, 9.17) is 28.9 Å². The van der Waals surface area contributed by atoms with Gasteiger partial charge in [-0.3, -0.25) is 0 Å². The Bertz CT molecular complexity index is 340. The van der Waals surface area contributed by atoms with Crippen LogP contribution in [0.4, 0.5) is 0 Å². The fourth-order valence-electron chi connectivity index (χ4n) is 1.59. The lowest BCUT2D eigenvalue weighted by Crippen LogP contribution is -2.13. The van der Waals surface area contributed by atoms with Crippen molar-refractivity contribution in [1.82, 2.24) is 0 Å². The number of hydrogen-bond donors (Lipinski definition) is 2. The third-order valence-corrected chi connectivity index (χ3v) is 3.07. The predicted octanol–water partition coefficient (Wildman–Crippen LogP) is 3.11. The van der Waals surface area contributed by atoms with Gasteiger partial charge in [0.15, 0.2) is 0 Å². The molecule has 0 aromatic heterocycles. The molecule has 0 radical (unpaired) electrons. The minimum Gasteiger partial charge on any atom is -0.508 e. The van der Waals surface area contributed by atoms with Crippen molar-refractivity contribution in [1.29, 1.82) is 0 Å². The first-order chi connectivity index (χ1) is 6.59. The molecule has 1 fully saturated rings. The van der Waals surface area contributed by atoms with Gasteiger partial charge >= 0.3 is 0 Å². The second kappa shape index (κ2) is 3.61. The van der Waals surface area contributed by atoms with Gasteiger partial charge in [-0.25, -0.2) is 0 Å². The van der Waals surface area contributed by atoms with Crippen LogP contribution in [0.25, 0.3) is 0 Å². The fourth-order valence-corrected chi connectivity index (χ4v) is 2.20. The Morgan fingerprint density at radius 2 is 2.00 bits per heavy atom. The molecule has 1 aliphatic carbocycles. The lowest BCUT2D eigenvalue weighted by Gasteiger charge is -2.14. The number of halogens is 2. The van der Waals surface area contributed by atoms with Crippen LogP contribution >= 0.6 is 23.2 Å². The van der Waals surface area contributed by atoms with E-state index >= 15 is 0 Å². The van der Waals surface area contributed by atoms with Crippen molar-refractivity contribution in [2.45, 2.75) is 18.9 Å². The summed E-state index contributed by atoms with van der Waals surface area (Å²) in [6.07, 6.45) is 2.22. The summed E-state index contributed by atoms with van der Waals surface area (Å²) in [6, 6.07) is 2.92. The monoisotopic (exact) mass is 231 g/mol. The van der Waals surface area contributed by atoms with Gasteiger partial charge in [0.1, 0.15) is 5.75 Å². The summed E-state index contributed by atoms with van der Waals surface area (Å²) in [6.45, 7) is 0. The Morgan fingerprint density at radius 3 is 2.50 bits per heavy atom.